The summed E-state index contributed by atoms with van der Waals surface area (Å²) in [7, 11) is 0. The van der Waals surface area contributed by atoms with Crippen molar-refractivity contribution in [2.75, 3.05) is 0 Å². The molecule has 1 rings (SSSR count). The topological polar surface area (TPSA) is 0 Å². The van der Waals surface area contributed by atoms with Crippen LogP contribution >= 0.6 is 27.7 Å². The first-order valence-electron chi connectivity index (χ1n) is 5.03. The van der Waals surface area contributed by atoms with E-state index in [2.05, 4.69) is 54.9 Å². The number of hydrogen-bond donors (Lipinski definition) is 0. The van der Waals surface area contributed by atoms with Crippen molar-refractivity contribution in [3.05, 3.63) is 28.2 Å². The van der Waals surface area contributed by atoms with Gasteiger partial charge in [0.05, 0.1) is 0 Å². The van der Waals surface area contributed by atoms with E-state index in [1.807, 2.05) is 25.6 Å². The Morgan fingerprint density at radius 2 is 1.79 bits per heavy atom. The van der Waals surface area contributed by atoms with Crippen LogP contribution in [0.25, 0.3) is 0 Å². The minimum atomic E-state index is 0.651. The molecule has 2 heteroatoms. The first-order valence-corrected chi connectivity index (χ1v) is 6.70. The Hall–Kier alpha value is 0.0500. The summed E-state index contributed by atoms with van der Waals surface area (Å²) in [5.41, 5.74) is 1.34. The molecule has 0 unspecified atom stereocenters. The van der Waals surface area contributed by atoms with Crippen molar-refractivity contribution in [1.82, 2.24) is 0 Å². The number of hydrogen-bond acceptors (Lipinski definition) is 1. The molecule has 1 aromatic rings. The van der Waals surface area contributed by atoms with E-state index in [0.717, 1.165) is 0 Å². The van der Waals surface area contributed by atoms with Gasteiger partial charge in [-0.2, -0.15) is 0 Å². The molecule has 0 aliphatic rings. The lowest BCUT2D eigenvalue weighted by molar-refractivity contribution is 1.10. The molecule has 0 radical (unpaired) electrons. The minimum Gasteiger partial charge on any atom is -0.123 e. The second kappa shape index (κ2) is 7.36. The van der Waals surface area contributed by atoms with E-state index in [4.69, 9.17) is 0 Å². The quantitative estimate of drug-likeness (QED) is 0.661. The largest absolute Gasteiger partial charge is 0.123 e. The Kier molecular flexibility index (Phi) is 7.38. The fourth-order valence-electron chi connectivity index (χ4n) is 0.969. The molecule has 0 amide bonds. The van der Waals surface area contributed by atoms with Crippen LogP contribution in [-0.2, 0) is 0 Å². The van der Waals surface area contributed by atoms with Crippen molar-refractivity contribution < 1.29 is 0 Å². The first kappa shape index (κ1) is 14.1. The van der Waals surface area contributed by atoms with Crippen LogP contribution in [0.3, 0.4) is 0 Å². The zero-order valence-electron chi connectivity index (χ0n) is 9.60. The van der Waals surface area contributed by atoms with Crippen molar-refractivity contribution in [3.8, 4) is 0 Å². The van der Waals surface area contributed by atoms with Crippen molar-refractivity contribution in [2.24, 2.45) is 0 Å². The number of thioether (sulfide) groups is 1. The molecule has 80 valence electrons. The lowest BCUT2D eigenvalue weighted by atomic mass is 10.2. The highest BCUT2D eigenvalue weighted by Crippen LogP contribution is 2.30. The Bertz CT molecular complexity index is 269. The third-order valence-corrected chi connectivity index (χ3v) is 3.61. The lowest BCUT2D eigenvalue weighted by Crippen LogP contribution is -1.88. The van der Waals surface area contributed by atoms with E-state index in [9.17, 15) is 0 Å². The van der Waals surface area contributed by atoms with Gasteiger partial charge in [0.2, 0.25) is 0 Å². The summed E-state index contributed by atoms with van der Waals surface area (Å²) < 4.78 is 1.20. The number of halogens is 1. The molecular weight excluding hydrogens is 256 g/mol. The average molecular weight is 275 g/mol. The van der Waals surface area contributed by atoms with Gasteiger partial charge in [-0.25, -0.2) is 0 Å². The van der Waals surface area contributed by atoms with Gasteiger partial charge >= 0.3 is 0 Å². The fourth-order valence-corrected chi connectivity index (χ4v) is 2.42. The van der Waals surface area contributed by atoms with Crippen LogP contribution in [0.15, 0.2) is 27.6 Å². The van der Waals surface area contributed by atoms with E-state index in [-0.39, 0.29) is 0 Å². The molecule has 0 N–H and O–H groups in total. The van der Waals surface area contributed by atoms with Crippen LogP contribution in [0, 0.1) is 6.92 Å². The smallest absolute Gasteiger partial charge is 0.0215 e. The number of benzene rings is 1. The molecule has 14 heavy (non-hydrogen) atoms. The van der Waals surface area contributed by atoms with E-state index in [1.54, 1.807) is 0 Å². The van der Waals surface area contributed by atoms with E-state index in [1.165, 1.54) is 14.9 Å². The van der Waals surface area contributed by atoms with Gasteiger partial charge in [-0.1, -0.05) is 49.7 Å². The number of rotatable bonds is 2. The summed E-state index contributed by atoms with van der Waals surface area (Å²) in [6.07, 6.45) is 0. The molecular formula is C12H19BrS. The molecule has 0 heterocycles. The highest BCUT2D eigenvalue weighted by Gasteiger charge is 2.03. The molecule has 0 saturated carbocycles. The lowest BCUT2D eigenvalue weighted by Gasteiger charge is -2.08. The molecule has 0 spiro atoms. The van der Waals surface area contributed by atoms with Crippen LogP contribution in [0.2, 0.25) is 0 Å². The predicted octanol–water partition coefficient (Wildman–Crippen LogP) is 5.28. The third-order valence-electron chi connectivity index (χ3n) is 1.58. The molecule has 0 aliphatic carbocycles. The summed E-state index contributed by atoms with van der Waals surface area (Å²) in [6, 6.07) is 6.34. The van der Waals surface area contributed by atoms with Gasteiger partial charge in [-0.3, -0.25) is 0 Å². The van der Waals surface area contributed by atoms with Crippen molar-refractivity contribution >= 4 is 27.7 Å². The normalized spacial score (nSPS) is 9.64. The van der Waals surface area contributed by atoms with Gasteiger partial charge in [-0.05, 0) is 24.6 Å². The Labute approximate surface area is 101 Å². The summed E-state index contributed by atoms with van der Waals surface area (Å²) >= 11 is 5.43. The van der Waals surface area contributed by atoms with Crippen molar-refractivity contribution in [2.45, 2.75) is 44.8 Å². The van der Waals surface area contributed by atoms with Crippen LogP contribution in [-0.4, -0.2) is 5.25 Å². The summed E-state index contributed by atoms with van der Waals surface area (Å²) in [4.78, 5) is 1.37. The average Bonchev–Trinajstić information content (AvgIpc) is 2.16. The second-order valence-corrected chi connectivity index (χ2v) is 5.50. The monoisotopic (exact) mass is 274 g/mol. The van der Waals surface area contributed by atoms with E-state index in [0.29, 0.717) is 5.25 Å². The van der Waals surface area contributed by atoms with Gasteiger partial charge < -0.3 is 0 Å². The standard InChI is InChI=1S/C10H13BrS.C2H6/c1-7(2)12-10-6-4-5-9(11)8(10)3;1-2/h4-7H,1-3H3;1-2H3. The molecule has 0 saturated heterocycles. The van der Waals surface area contributed by atoms with Gasteiger partial charge in [0.15, 0.2) is 0 Å². The maximum absolute atomic E-state index is 3.52. The van der Waals surface area contributed by atoms with Gasteiger partial charge in [-0.15, -0.1) is 11.8 Å². The summed E-state index contributed by atoms with van der Waals surface area (Å²) in [5.74, 6) is 0. The SMILES string of the molecule is CC.Cc1c(Br)cccc1SC(C)C. The Balaban J connectivity index is 0.000000791. The first-order chi connectivity index (χ1) is 6.61. The summed E-state index contributed by atoms with van der Waals surface area (Å²) in [6.45, 7) is 10.6. The third kappa shape index (κ3) is 4.52. The minimum absolute atomic E-state index is 0.651. The van der Waals surface area contributed by atoms with Crippen molar-refractivity contribution in [3.63, 3.8) is 0 Å². The molecule has 0 aliphatic heterocycles. The van der Waals surface area contributed by atoms with E-state index >= 15 is 0 Å². The highest BCUT2D eigenvalue weighted by atomic mass is 79.9. The van der Waals surface area contributed by atoms with E-state index < -0.39 is 0 Å². The molecule has 0 bridgehead atoms. The van der Waals surface area contributed by atoms with Crippen LogP contribution in [0.4, 0.5) is 0 Å². The zero-order valence-corrected chi connectivity index (χ0v) is 12.0. The fraction of sp³-hybridized carbons (Fsp3) is 0.500. The molecule has 0 nitrogen and oxygen atoms in total. The van der Waals surface area contributed by atoms with Crippen LogP contribution < -0.4 is 0 Å². The maximum atomic E-state index is 3.52. The van der Waals surface area contributed by atoms with Gasteiger partial charge in [0.25, 0.3) is 0 Å². The van der Waals surface area contributed by atoms with Crippen molar-refractivity contribution in [1.29, 1.82) is 0 Å². The zero-order chi connectivity index (χ0) is 11.1. The van der Waals surface area contributed by atoms with Gasteiger partial charge in [0.1, 0.15) is 0 Å². The highest BCUT2D eigenvalue weighted by molar-refractivity contribution is 9.10. The van der Waals surface area contributed by atoms with Gasteiger partial charge in [0, 0.05) is 14.6 Å². The Morgan fingerprint density at radius 1 is 1.21 bits per heavy atom. The van der Waals surface area contributed by atoms with Crippen LogP contribution in [0.5, 0.6) is 0 Å². The maximum Gasteiger partial charge on any atom is 0.0215 e. The Morgan fingerprint density at radius 3 is 2.29 bits per heavy atom. The molecule has 0 atom stereocenters. The molecule has 0 aromatic heterocycles. The second-order valence-electron chi connectivity index (χ2n) is 3.03. The summed E-state index contributed by atoms with van der Waals surface area (Å²) in [5, 5.41) is 0.651. The predicted molar refractivity (Wildman–Crippen MR) is 71.2 cm³/mol. The van der Waals surface area contributed by atoms with Crippen LogP contribution in [0.1, 0.15) is 33.3 Å². The molecule has 1 aromatic carbocycles. The molecule has 0 fully saturated rings.